The summed E-state index contributed by atoms with van der Waals surface area (Å²) < 4.78 is 42.2. The van der Waals surface area contributed by atoms with Gasteiger partial charge in [0.1, 0.15) is 36.0 Å². The van der Waals surface area contributed by atoms with Crippen LogP contribution in [0.1, 0.15) is 75.6 Å². The van der Waals surface area contributed by atoms with Gasteiger partial charge in [0.2, 0.25) is 0 Å². The van der Waals surface area contributed by atoms with Gasteiger partial charge >= 0.3 is 0 Å². The third-order valence-electron chi connectivity index (χ3n) is 7.89. The van der Waals surface area contributed by atoms with Gasteiger partial charge < -0.3 is 14.3 Å². The van der Waals surface area contributed by atoms with Gasteiger partial charge in [-0.25, -0.2) is 8.78 Å². The van der Waals surface area contributed by atoms with Crippen LogP contribution < -0.4 is 9.47 Å². The van der Waals surface area contributed by atoms with Gasteiger partial charge in [0.25, 0.3) is 0 Å². The van der Waals surface area contributed by atoms with Crippen molar-refractivity contribution >= 4 is 6.29 Å². The van der Waals surface area contributed by atoms with Crippen LogP contribution in [0.3, 0.4) is 0 Å². The summed E-state index contributed by atoms with van der Waals surface area (Å²) in [6.45, 7) is 8.75. The predicted octanol–water partition coefficient (Wildman–Crippen LogP) is 8.38. The molecule has 0 spiro atoms. The first kappa shape index (κ1) is 27.8. The minimum absolute atomic E-state index is 0.0895. The van der Waals surface area contributed by atoms with Crippen LogP contribution in [-0.4, -0.2) is 13.4 Å². The molecule has 1 unspecified atom stereocenters. The summed E-state index contributed by atoms with van der Waals surface area (Å²) in [5, 5.41) is 0. The fraction of sp³-hybridized carbons (Fsp3) is 0.424. The fourth-order valence-electron chi connectivity index (χ4n) is 5.89. The molecule has 0 bridgehead atoms. The number of methoxy groups -OCH3 is 1. The Morgan fingerprint density at radius 3 is 2.50 bits per heavy atom. The zero-order chi connectivity index (χ0) is 27.5. The maximum Gasteiger partial charge on any atom is 0.131 e. The Morgan fingerprint density at radius 1 is 1.03 bits per heavy atom. The molecule has 0 aliphatic heterocycles. The second-order valence-corrected chi connectivity index (χ2v) is 11.6. The van der Waals surface area contributed by atoms with Gasteiger partial charge in [-0.1, -0.05) is 46.2 Å². The smallest absolute Gasteiger partial charge is 0.131 e. The van der Waals surface area contributed by atoms with Crippen LogP contribution in [0.25, 0.3) is 11.1 Å². The Kier molecular flexibility index (Phi) is 8.25. The van der Waals surface area contributed by atoms with Crippen LogP contribution in [-0.2, 0) is 29.7 Å². The summed E-state index contributed by atoms with van der Waals surface area (Å²) in [6.07, 6.45) is 5.92. The third-order valence-corrected chi connectivity index (χ3v) is 7.89. The monoisotopic (exact) mass is 520 g/mol. The molecule has 3 aromatic rings. The highest BCUT2D eigenvalue weighted by Gasteiger charge is 2.34. The number of hydrogen-bond acceptors (Lipinski definition) is 3. The number of ether oxygens (including phenoxy) is 2. The summed E-state index contributed by atoms with van der Waals surface area (Å²) in [6, 6.07) is 13.8. The number of fused-ring (bicyclic) bond motifs is 1. The molecule has 0 radical (unpaired) electrons. The van der Waals surface area contributed by atoms with E-state index in [4.69, 9.17) is 9.47 Å². The molecule has 0 N–H and O–H groups in total. The van der Waals surface area contributed by atoms with E-state index >= 15 is 4.39 Å². The summed E-state index contributed by atoms with van der Waals surface area (Å²) in [7, 11) is 1.51. The van der Waals surface area contributed by atoms with Crippen molar-refractivity contribution in [3.05, 3.63) is 82.4 Å². The lowest BCUT2D eigenvalue weighted by molar-refractivity contribution is -0.108. The SMILES string of the molecule is CCCC(C)(C)Cc1cc(COc2ccc3c(c2)C(C)(CC=O)CC3)cc(F)c1-c1cc(OC)ccc1F. The highest BCUT2D eigenvalue weighted by molar-refractivity contribution is 5.71. The molecule has 38 heavy (non-hydrogen) atoms. The highest BCUT2D eigenvalue weighted by Crippen LogP contribution is 2.42. The van der Waals surface area contributed by atoms with Gasteiger partial charge in [-0.05, 0) is 95.2 Å². The maximum absolute atomic E-state index is 15.8. The van der Waals surface area contributed by atoms with Gasteiger partial charge in [-0.2, -0.15) is 0 Å². The Hall–Kier alpha value is -3.21. The highest BCUT2D eigenvalue weighted by atomic mass is 19.1. The van der Waals surface area contributed by atoms with Crippen molar-refractivity contribution in [2.45, 2.75) is 78.2 Å². The molecule has 4 rings (SSSR count). The first-order valence-corrected chi connectivity index (χ1v) is 13.4. The number of aldehydes is 1. The Balaban J connectivity index is 1.68. The van der Waals surface area contributed by atoms with E-state index in [-0.39, 0.29) is 28.6 Å². The number of rotatable bonds is 11. The van der Waals surface area contributed by atoms with Crippen LogP contribution >= 0.6 is 0 Å². The van der Waals surface area contributed by atoms with Crippen molar-refractivity contribution in [3.8, 4) is 22.6 Å². The molecule has 0 fully saturated rings. The van der Waals surface area contributed by atoms with E-state index in [1.807, 2.05) is 18.2 Å². The predicted molar refractivity (Wildman–Crippen MR) is 148 cm³/mol. The first-order valence-electron chi connectivity index (χ1n) is 13.4. The molecule has 202 valence electrons. The summed E-state index contributed by atoms with van der Waals surface area (Å²) >= 11 is 0. The molecular formula is C33H38F2O3. The maximum atomic E-state index is 15.8. The van der Waals surface area contributed by atoms with Gasteiger partial charge in [0.15, 0.2) is 0 Å². The number of hydrogen-bond donors (Lipinski definition) is 0. The Morgan fingerprint density at radius 2 is 1.79 bits per heavy atom. The van der Waals surface area contributed by atoms with Gasteiger partial charge in [-0.15, -0.1) is 0 Å². The minimum Gasteiger partial charge on any atom is -0.497 e. The van der Waals surface area contributed by atoms with Crippen molar-refractivity contribution in [2.75, 3.05) is 7.11 Å². The normalized spacial score (nSPS) is 16.8. The molecule has 1 aliphatic rings. The van der Waals surface area contributed by atoms with Crippen molar-refractivity contribution < 1.29 is 23.0 Å². The average Bonchev–Trinajstić information content (AvgIpc) is 3.19. The molecule has 0 saturated heterocycles. The third kappa shape index (κ3) is 5.92. The van der Waals surface area contributed by atoms with Crippen LogP contribution in [0.5, 0.6) is 11.5 Å². The van der Waals surface area contributed by atoms with Crippen molar-refractivity contribution in [2.24, 2.45) is 5.41 Å². The molecule has 0 heterocycles. The zero-order valence-corrected chi connectivity index (χ0v) is 23.1. The topological polar surface area (TPSA) is 35.5 Å². The number of carbonyl (C=O) groups excluding carboxylic acids is 1. The number of benzene rings is 3. The first-order chi connectivity index (χ1) is 18.1. The van der Waals surface area contributed by atoms with Crippen LogP contribution in [0.15, 0.2) is 48.5 Å². The van der Waals surface area contributed by atoms with Gasteiger partial charge in [0, 0.05) is 17.5 Å². The van der Waals surface area contributed by atoms with Crippen molar-refractivity contribution in [1.29, 1.82) is 0 Å². The average molecular weight is 521 g/mol. The largest absolute Gasteiger partial charge is 0.497 e. The lowest BCUT2D eigenvalue weighted by Crippen LogP contribution is -2.18. The molecule has 0 amide bonds. The molecule has 1 atom stereocenters. The number of carbonyl (C=O) groups is 1. The van der Waals surface area contributed by atoms with Crippen LogP contribution in [0, 0.1) is 17.0 Å². The van der Waals surface area contributed by atoms with Crippen molar-refractivity contribution in [3.63, 3.8) is 0 Å². The van der Waals surface area contributed by atoms with E-state index in [1.54, 1.807) is 6.07 Å². The minimum atomic E-state index is -0.486. The van der Waals surface area contributed by atoms with Crippen LogP contribution in [0.4, 0.5) is 8.78 Å². The summed E-state index contributed by atoms with van der Waals surface area (Å²) in [5.41, 5.74) is 4.05. The number of aryl methyl sites for hydroxylation is 1. The second-order valence-electron chi connectivity index (χ2n) is 11.6. The lowest BCUT2D eigenvalue weighted by Gasteiger charge is -2.26. The standard InChI is InChI=1S/C33H38F2O3/c1-6-12-32(2,3)20-24-16-22(17-30(35)31(24)27-18-25(37-5)9-10-29(27)34)21-38-26-8-7-23-11-13-33(4,14-15-36)28(23)19-26/h7-10,15-19H,6,11-14,20-21H2,1-5H3. The lowest BCUT2D eigenvalue weighted by atomic mass is 9.79. The van der Waals surface area contributed by atoms with Gasteiger partial charge in [0.05, 0.1) is 7.11 Å². The van der Waals surface area contributed by atoms with Gasteiger partial charge in [-0.3, -0.25) is 0 Å². The fourth-order valence-corrected chi connectivity index (χ4v) is 5.89. The molecule has 3 aromatic carbocycles. The second kappa shape index (κ2) is 11.3. The Bertz CT molecular complexity index is 1310. The summed E-state index contributed by atoms with van der Waals surface area (Å²) in [4.78, 5) is 11.3. The van der Waals surface area contributed by atoms with Crippen molar-refractivity contribution in [1.82, 2.24) is 0 Å². The summed E-state index contributed by atoms with van der Waals surface area (Å²) in [5.74, 6) is 0.206. The molecule has 5 heteroatoms. The van der Waals surface area contributed by atoms with E-state index in [2.05, 4.69) is 33.8 Å². The number of halogens is 2. The molecule has 0 aromatic heterocycles. The van der Waals surface area contributed by atoms with E-state index in [0.717, 1.165) is 43.1 Å². The Labute approximate surface area is 225 Å². The van der Waals surface area contributed by atoms with E-state index in [9.17, 15) is 9.18 Å². The van der Waals surface area contributed by atoms with Crippen LogP contribution in [0.2, 0.25) is 0 Å². The molecule has 1 aliphatic carbocycles. The van der Waals surface area contributed by atoms with E-state index in [1.165, 1.54) is 30.9 Å². The van der Waals surface area contributed by atoms with E-state index < -0.39 is 11.6 Å². The molecular weight excluding hydrogens is 482 g/mol. The van der Waals surface area contributed by atoms with E-state index in [0.29, 0.717) is 29.9 Å². The zero-order valence-electron chi connectivity index (χ0n) is 23.1. The molecule has 3 nitrogen and oxygen atoms in total. The molecule has 0 saturated carbocycles. The quantitative estimate of drug-likeness (QED) is 0.238.